The van der Waals surface area contributed by atoms with Crippen molar-refractivity contribution in [3.05, 3.63) is 52.9 Å². The summed E-state index contributed by atoms with van der Waals surface area (Å²) >= 11 is 0.795. The van der Waals surface area contributed by atoms with Crippen LogP contribution in [0.2, 0.25) is 0 Å². The standard InChI is InChI=1S/C22H20N2O6S/c1-13(2)30-16-6-4-3-5-14(16)9-19-21(26)24(22(27)31-19)11-20(25)23-15-7-8-17-18(10-15)29-12-28-17/h3-10,13H,11-12H2,1-2H3,(H,23,25)/b19-9-. The monoisotopic (exact) mass is 440 g/mol. The minimum Gasteiger partial charge on any atom is -0.490 e. The number of carbonyl (C=O) groups is 3. The van der Waals surface area contributed by atoms with Crippen LogP contribution in [0.15, 0.2) is 47.4 Å². The Morgan fingerprint density at radius 3 is 2.77 bits per heavy atom. The van der Waals surface area contributed by atoms with Crippen LogP contribution in [0.4, 0.5) is 10.5 Å². The minimum absolute atomic E-state index is 0.0375. The van der Waals surface area contributed by atoms with Crippen molar-refractivity contribution in [2.24, 2.45) is 0 Å². The molecule has 2 aromatic carbocycles. The summed E-state index contributed by atoms with van der Waals surface area (Å²) in [5.74, 6) is 0.718. The number of nitrogens with zero attached hydrogens (tertiary/aromatic N) is 1. The molecule has 1 N–H and O–H groups in total. The number of para-hydroxylation sites is 1. The molecule has 3 amide bonds. The molecule has 2 heterocycles. The lowest BCUT2D eigenvalue weighted by Gasteiger charge is -2.13. The summed E-state index contributed by atoms with van der Waals surface area (Å²) in [7, 11) is 0. The number of hydrogen-bond acceptors (Lipinski definition) is 7. The Kier molecular flexibility index (Phi) is 5.85. The van der Waals surface area contributed by atoms with Gasteiger partial charge in [-0.1, -0.05) is 18.2 Å². The lowest BCUT2D eigenvalue weighted by molar-refractivity contribution is -0.127. The van der Waals surface area contributed by atoms with Crippen molar-refractivity contribution >= 4 is 40.6 Å². The van der Waals surface area contributed by atoms with Crippen molar-refractivity contribution < 1.29 is 28.6 Å². The number of amides is 3. The number of carbonyl (C=O) groups excluding carboxylic acids is 3. The summed E-state index contributed by atoms with van der Waals surface area (Å²) in [5.41, 5.74) is 1.17. The van der Waals surface area contributed by atoms with Crippen LogP contribution < -0.4 is 19.5 Å². The van der Waals surface area contributed by atoms with E-state index in [0.717, 1.165) is 16.7 Å². The van der Waals surface area contributed by atoms with E-state index in [1.165, 1.54) is 0 Å². The van der Waals surface area contributed by atoms with Crippen LogP contribution in [0.3, 0.4) is 0 Å². The third-order valence-electron chi connectivity index (χ3n) is 4.40. The van der Waals surface area contributed by atoms with E-state index in [1.54, 1.807) is 36.4 Å². The van der Waals surface area contributed by atoms with Gasteiger partial charge in [0.15, 0.2) is 11.5 Å². The molecule has 0 spiro atoms. The first-order valence-corrected chi connectivity index (χ1v) is 10.4. The zero-order chi connectivity index (χ0) is 22.0. The summed E-state index contributed by atoms with van der Waals surface area (Å²) in [6, 6.07) is 12.2. The highest BCUT2D eigenvalue weighted by Crippen LogP contribution is 2.35. The summed E-state index contributed by atoms with van der Waals surface area (Å²) in [5, 5.41) is 2.16. The molecule has 1 fully saturated rings. The number of imide groups is 1. The van der Waals surface area contributed by atoms with Crippen LogP contribution in [-0.2, 0) is 9.59 Å². The molecule has 2 aliphatic rings. The minimum atomic E-state index is -0.518. The van der Waals surface area contributed by atoms with Gasteiger partial charge in [-0.15, -0.1) is 0 Å². The second-order valence-corrected chi connectivity index (χ2v) is 8.08. The molecule has 0 bridgehead atoms. The summed E-state index contributed by atoms with van der Waals surface area (Å²) < 4.78 is 16.3. The van der Waals surface area contributed by atoms with Crippen molar-refractivity contribution in [1.29, 1.82) is 0 Å². The van der Waals surface area contributed by atoms with Crippen LogP contribution >= 0.6 is 11.8 Å². The van der Waals surface area contributed by atoms with E-state index in [-0.39, 0.29) is 24.3 Å². The van der Waals surface area contributed by atoms with E-state index in [9.17, 15) is 14.4 Å². The number of rotatable bonds is 6. The van der Waals surface area contributed by atoms with E-state index in [1.807, 2.05) is 26.0 Å². The Bertz CT molecular complexity index is 1080. The Morgan fingerprint density at radius 2 is 1.97 bits per heavy atom. The fraction of sp³-hybridized carbons (Fsp3) is 0.227. The quantitative estimate of drug-likeness (QED) is 0.681. The topological polar surface area (TPSA) is 94.2 Å². The van der Waals surface area contributed by atoms with Gasteiger partial charge < -0.3 is 19.5 Å². The molecule has 0 radical (unpaired) electrons. The number of fused-ring (bicyclic) bond motifs is 1. The fourth-order valence-electron chi connectivity index (χ4n) is 3.06. The molecule has 2 aromatic rings. The number of anilines is 1. The SMILES string of the molecule is CC(C)Oc1ccccc1/C=C1\SC(=O)N(CC(=O)Nc2ccc3c(c2)OCO3)C1=O. The largest absolute Gasteiger partial charge is 0.490 e. The molecule has 0 atom stereocenters. The van der Waals surface area contributed by atoms with Gasteiger partial charge in [-0.25, -0.2) is 0 Å². The van der Waals surface area contributed by atoms with E-state index in [2.05, 4.69) is 5.32 Å². The third kappa shape index (κ3) is 4.66. The first kappa shape index (κ1) is 20.8. The maximum Gasteiger partial charge on any atom is 0.294 e. The molecule has 4 rings (SSSR count). The predicted octanol–water partition coefficient (Wildman–Crippen LogP) is 3.88. The van der Waals surface area contributed by atoms with E-state index >= 15 is 0 Å². The van der Waals surface area contributed by atoms with E-state index in [0.29, 0.717) is 28.5 Å². The average molecular weight is 440 g/mol. The van der Waals surface area contributed by atoms with Crippen LogP contribution in [0, 0.1) is 0 Å². The maximum atomic E-state index is 12.8. The summed E-state index contributed by atoms with van der Waals surface area (Å²) in [4.78, 5) is 38.7. The van der Waals surface area contributed by atoms with Crippen LogP contribution in [-0.4, -0.2) is 41.4 Å². The van der Waals surface area contributed by atoms with Gasteiger partial charge in [-0.05, 0) is 49.9 Å². The van der Waals surface area contributed by atoms with E-state index in [4.69, 9.17) is 14.2 Å². The molecule has 0 unspecified atom stereocenters. The highest BCUT2D eigenvalue weighted by molar-refractivity contribution is 8.18. The second-order valence-electron chi connectivity index (χ2n) is 7.09. The Labute approximate surface area is 183 Å². The molecule has 160 valence electrons. The van der Waals surface area contributed by atoms with Crippen molar-refractivity contribution in [3.63, 3.8) is 0 Å². The van der Waals surface area contributed by atoms with Gasteiger partial charge in [-0.2, -0.15) is 0 Å². The van der Waals surface area contributed by atoms with Gasteiger partial charge in [0.05, 0.1) is 11.0 Å². The number of thioether (sulfide) groups is 1. The van der Waals surface area contributed by atoms with Crippen LogP contribution in [0.1, 0.15) is 19.4 Å². The number of ether oxygens (including phenoxy) is 3. The molecule has 0 aromatic heterocycles. The molecule has 0 aliphatic carbocycles. The fourth-order valence-corrected chi connectivity index (χ4v) is 3.89. The Hall–Kier alpha value is -3.46. The molecule has 2 aliphatic heterocycles. The highest BCUT2D eigenvalue weighted by Gasteiger charge is 2.36. The number of hydrogen-bond donors (Lipinski definition) is 1. The van der Waals surface area contributed by atoms with Crippen LogP contribution in [0.25, 0.3) is 6.08 Å². The third-order valence-corrected chi connectivity index (χ3v) is 5.31. The zero-order valence-corrected chi connectivity index (χ0v) is 17.7. The summed E-state index contributed by atoms with van der Waals surface area (Å²) in [6.07, 6.45) is 1.57. The van der Waals surface area contributed by atoms with Gasteiger partial charge in [0.1, 0.15) is 12.3 Å². The van der Waals surface area contributed by atoms with Crippen molar-refractivity contribution in [3.8, 4) is 17.2 Å². The highest BCUT2D eigenvalue weighted by atomic mass is 32.2. The van der Waals surface area contributed by atoms with Crippen LogP contribution in [0.5, 0.6) is 17.2 Å². The van der Waals surface area contributed by atoms with Crippen molar-refractivity contribution in [2.75, 3.05) is 18.7 Å². The van der Waals surface area contributed by atoms with Gasteiger partial charge in [0.25, 0.3) is 11.1 Å². The van der Waals surface area contributed by atoms with Gasteiger partial charge in [0.2, 0.25) is 12.7 Å². The summed E-state index contributed by atoms with van der Waals surface area (Å²) in [6.45, 7) is 3.55. The average Bonchev–Trinajstić information content (AvgIpc) is 3.29. The second kappa shape index (κ2) is 8.73. The normalized spacial score (nSPS) is 16.4. The van der Waals surface area contributed by atoms with Gasteiger partial charge in [-0.3, -0.25) is 19.3 Å². The van der Waals surface area contributed by atoms with E-state index < -0.39 is 17.1 Å². The Balaban J connectivity index is 1.45. The number of nitrogens with one attached hydrogen (secondary N) is 1. The predicted molar refractivity (Wildman–Crippen MR) is 116 cm³/mol. The molecule has 0 saturated carbocycles. The van der Waals surface area contributed by atoms with Crippen molar-refractivity contribution in [2.45, 2.75) is 20.0 Å². The molecular formula is C22H20N2O6S. The molecular weight excluding hydrogens is 420 g/mol. The molecule has 31 heavy (non-hydrogen) atoms. The van der Waals surface area contributed by atoms with Gasteiger partial charge >= 0.3 is 0 Å². The first-order chi connectivity index (χ1) is 14.9. The maximum absolute atomic E-state index is 12.8. The Morgan fingerprint density at radius 1 is 1.19 bits per heavy atom. The molecule has 1 saturated heterocycles. The molecule has 8 nitrogen and oxygen atoms in total. The van der Waals surface area contributed by atoms with Crippen molar-refractivity contribution in [1.82, 2.24) is 4.90 Å². The lowest BCUT2D eigenvalue weighted by Crippen LogP contribution is -2.36. The zero-order valence-electron chi connectivity index (χ0n) is 16.9. The first-order valence-electron chi connectivity index (χ1n) is 9.61. The molecule has 9 heteroatoms. The lowest BCUT2D eigenvalue weighted by atomic mass is 10.2. The van der Waals surface area contributed by atoms with Gasteiger partial charge in [0, 0.05) is 17.3 Å². The number of benzene rings is 2. The smallest absolute Gasteiger partial charge is 0.294 e.